The lowest BCUT2D eigenvalue weighted by molar-refractivity contribution is 0.315. The second-order valence-corrected chi connectivity index (χ2v) is 11.1. The van der Waals surface area contributed by atoms with Crippen molar-refractivity contribution in [2.75, 3.05) is 19.3 Å². The van der Waals surface area contributed by atoms with Crippen molar-refractivity contribution in [1.29, 1.82) is 0 Å². The third kappa shape index (κ3) is 3.80. The fourth-order valence-electron chi connectivity index (χ4n) is 4.13. The van der Waals surface area contributed by atoms with E-state index >= 15 is 0 Å². The summed E-state index contributed by atoms with van der Waals surface area (Å²) in [7, 11) is -3.08. The van der Waals surface area contributed by atoms with Crippen LogP contribution in [0.1, 0.15) is 95.1 Å². The Morgan fingerprint density at radius 1 is 1.08 bits per heavy atom. The van der Waals surface area contributed by atoms with Gasteiger partial charge in [0.25, 0.3) is 0 Å². The van der Waals surface area contributed by atoms with Crippen LogP contribution in [-0.2, 0) is 15.4 Å². The van der Waals surface area contributed by atoms with Crippen molar-refractivity contribution in [1.82, 2.24) is 14.1 Å². The van der Waals surface area contributed by atoms with Crippen LogP contribution in [0.15, 0.2) is 0 Å². The zero-order valence-electron chi connectivity index (χ0n) is 16.5. The molecule has 0 unspecified atom stereocenters. The molecular formula is C19H33N3O2S. The zero-order chi connectivity index (χ0) is 18.6. The number of nitrogens with zero attached hydrogens (tertiary/aromatic N) is 3. The first kappa shape index (κ1) is 18.9. The molecule has 2 heterocycles. The normalized spacial score (nSPS) is 21.2. The average Bonchev–Trinajstić information content (AvgIpc) is 3.24. The molecule has 1 aliphatic carbocycles. The Hall–Kier alpha value is -0.880. The van der Waals surface area contributed by atoms with E-state index in [2.05, 4.69) is 39.3 Å². The van der Waals surface area contributed by atoms with Crippen LogP contribution in [0.3, 0.4) is 0 Å². The summed E-state index contributed by atoms with van der Waals surface area (Å²) in [6, 6.07) is 0.573. The molecule has 0 spiro atoms. The van der Waals surface area contributed by atoms with E-state index in [0.717, 1.165) is 12.8 Å². The van der Waals surface area contributed by atoms with Gasteiger partial charge in [0.15, 0.2) is 0 Å². The highest BCUT2D eigenvalue weighted by molar-refractivity contribution is 7.88. The molecular weight excluding hydrogens is 334 g/mol. The smallest absolute Gasteiger partial charge is 0.211 e. The van der Waals surface area contributed by atoms with Gasteiger partial charge in [-0.2, -0.15) is 5.10 Å². The Morgan fingerprint density at radius 2 is 1.64 bits per heavy atom. The van der Waals surface area contributed by atoms with E-state index in [-0.39, 0.29) is 5.41 Å². The quantitative estimate of drug-likeness (QED) is 0.814. The number of sulfonamides is 1. The maximum absolute atomic E-state index is 11.8. The molecule has 0 aromatic carbocycles. The van der Waals surface area contributed by atoms with Crippen LogP contribution in [0.5, 0.6) is 0 Å². The molecule has 25 heavy (non-hydrogen) atoms. The second-order valence-electron chi connectivity index (χ2n) is 9.16. The minimum atomic E-state index is -3.08. The Bertz CT molecular complexity index is 731. The number of rotatable bonds is 4. The molecule has 0 amide bonds. The van der Waals surface area contributed by atoms with Crippen molar-refractivity contribution < 1.29 is 8.42 Å². The standard InChI is InChI=1S/C19H33N3O2S/c1-13(2)18-16(19(3,4)5)17(20-22(18)15-7-8-15)14-9-11-21(12-10-14)25(6,23)24/h13-15H,7-12H2,1-6H3. The first-order valence-electron chi connectivity index (χ1n) is 9.58. The van der Waals surface area contributed by atoms with E-state index < -0.39 is 10.0 Å². The summed E-state index contributed by atoms with van der Waals surface area (Å²) in [6.07, 6.45) is 5.52. The van der Waals surface area contributed by atoms with Gasteiger partial charge in [-0.25, -0.2) is 12.7 Å². The summed E-state index contributed by atoms with van der Waals surface area (Å²) >= 11 is 0. The lowest BCUT2D eigenvalue weighted by Crippen LogP contribution is -2.37. The molecule has 5 nitrogen and oxygen atoms in total. The fourth-order valence-corrected chi connectivity index (χ4v) is 5.01. The summed E-state index contributed by atoms with van der Waals surface area (Å²) in [5.74, 6) is 0.817. The van der Waals surface area contributed by atoms with Crippen molar-refractivity contribution in [2.45, 2.75) is 83.6 Å². The second kappa shape index (κ2) is 6.38. The summed E-state index contributed by atoms with van der Waals surface area (Å²) in [6.45, 7) is 12.6. The average molecular weight is 368 g/mol. The molecule has 6 heteroatoms. The van der Waals surface area contributed by atoms with Gasteiger partial charge in [0, 0.05) is 30.3 Å². The maximum atomic E-state index is 11.8. The molecule has 1 saturated carbocycles. The van der Waals surface area contributed by atoms with Crippen LogP contribution in [0.4, 0.5) is 0 Å². The molecule has 2 aliphatic rings. The van der Waals surface area contributed by atoms with Gasteiger partial charge < -0.3 is 0 Å². The molecule has 1 aliphatic heterocycles. The lowest BCUT2D eigenvalue weighted by Gasteiger charge is -2.31. The first-order valence-corrected chi connectivity index (χ1v) is 11.4. The summed E-state index contributed by atoms with van der Waals surface area (Å²) in [5.41, 5.74) is 4.09. The number of hydrogen-bond acceptors (Lipinski definition) is 3. The minimum Gasteiger partial charge on any atom is -0.266 e. The van der Waals surface area contributed by atoms with E-state index in [1.807, 2.05) is 0 Å². The molecule has 142 valence electrons. The van der Waals surface area contributed by atoms with Crippen LogP contribution in [0.25, 0.3) is 0 Å². The van der Waals surface area contributed by atoms with Gasteiger partial charge in [-0.15, -0.1) is 0 Å². The Morgan fingerprint density at radius 3 is 2.04 bits per heavy atom. The predicted octanol–water partition coefficient (Wildman–Crippen LogP) is 3.78. The van der Waals surface area contributed by atoms with Crippen molar-refractivity contribution in [3.8, 4) is 0 Å². The van der Waals surface area contributed by atoms with Gasteiger partial charge in [-0.3, -0.25) is 4.68 Å². The Kier molecular flexibility index (Phi) is 4.82. The monoisotopic (exact) mass is 367 g/mol. The van der Waals surface area contributed by atoms with Gasteiger partial charge in [-0.1, -0.05) is 34.6 Å². The van der Waals surface area contributed by atoms with Gasteiger partial charge >= 0.3 is 0 Å². The van der Waals surface area contributed by atoms with Crippen LogP contribution in [-0.4, -0.2) is 41.8 Å². The highest BCUT2D eigenvalue weighted by Gasteiger charge is 2.38. The molecule has 2 fully saturated rings. The van der Waals surface area contributed by atoms with E-state index in [1.165, 1.54) is 36.0 Å². The van der Waals surface area contributed by atoms with E-state index in [1.54, 1.807) is 4.31 Å². The molecule has 3 rings (SSSR count). The van der Waals surface area contributed by atoms with Crippen LogP contribution in [0.2, 0.25) is 0 Å². The van der Waals surface area contributed by atoms with Gasteiger partial charge in [0.1, 0.15) is 0 Å². The van der Waals surface area contributed by atoms with Crippen molar-refractivity contribution >= 4 is 10.0 Å². The van der Waals surface area contributed by atoms with E-state index in [4.69, 9.17) is 5.10 Å². The SMILES string of the molecule is CC(C)c1c(C(C)(C)C)c(C2CCN(S(C)(=O)=O)CC2)nn1C1CC1. The van der Waals surface area contributed by atoms with Gasteiger partial charge in [0.05, 0.1) is 18.0 Å². The molecule has 0 N–H and O–H groups in total. The van der Waals surface area contributed by atoms with Gasteiger partial charge in [0.2, 0.25) is 10.0 Å². The summed E-state index contributed by atoms with van der Waals surface area (Å²) < 4.78 is 27.5. The lowest BCUT2D eigenvalue weighted by atomic mass is 9.78. The molecule has 1 saturated heterocycles. The Balaban J connectivity index is 1.98. The zero-order valence-corrected chi connectivity index (χ0v) is 17.4. The first-order chi connectivity index (χ1) is 11.5. The molecule has 0 bridgehead atoms. The summed E-state index contributed by atoms with van der Waals surface area (Å²) in [4.78, 5) is 0. The topological polar surface area (TPSA) is 55.2 Å². The molecule has 0 radical (unpaired) electrons. The summed E-state index contributed by atoms with van der Waals surface area (Å²) in [5, 5.41) is 5.12. The largest absolute Gasteiger partial charge is 0.266 e. The number of hydrogen-bond donors (Lipinski definition) is 0. The number of aromatic nitrogens is 2. The minimum absolute atomic E-state index is 0.0516. The third-order valence-electron chi connectivity index (χ3n) is 5.47. The van der Waals surface area contributed by atoms with Crippen LogP contribution in [0, 0.1) is 0 Å². The molecule has 0 atom stereocenters. The maximum Gasteiger partial charge on any atom is 0.211 e. The van der Waals surface area contributed by atoms with Gasteiger partial charge in [-0.05, 0) is 37.0 Å². The highest BCUT2D eigenvalue weighted by Crippen LogP contribution is 2.44. The fraction of sp³-hybridized carbons (Fsp3) is 0.842. The van der Waals surface area contributed by atoms with Crippen LogP contribution < -0.4 is 0 Å². The highest BCUT2D eigenvalue weighted by atomic mass is 32.2. The van der Waals surface area contributed by atoms with E-state index in [0.29, 0.717) is 31.0 Å². The van der Waals surface area contributed by atoms with Crippen molar-refractivity contribution in [2.24, 2.45) is 0 Å². The van der Waals surface area contributed by atoms with Crippen molar-refractivity contribution in [3.05, 3.63) is 17.0 Å². The molecule has 1 aromatic heterocycles. The van der Waals surface area contributed by atoms with E-state index in [9.17, 15) is 8.42 Å². The molecule has 1 aromatic rings. The van der Waals surface area contributed by atoms with Crippen molar-refractivity contribution in [3.63, 3.8) is 0 Å². The van der Waals surface area contributed by atoms with Crippen LogP contribution >= 0.6 is 0 Å². The Labute approximate surface area is 152 Å². The third-order valence-corrected chi connectivity index (χ3v) is 6.78. The number of piperidine rings is 1. The predicted molar refractivity (Wildman–Crippen MR) is 102 cm³/mol.